The summed E-state index contributed by atoms with van der Waals surface area (Å²) in [5.74, 6) is 13.5. The van der Waals surface area contributed by atoms with E-state index in [2.05, 4.69) is 232 Å². The van der Waals surface area contributed by atoms with Crippen molar-refractivity contribution in [2.24, 2.45) is 105 Å². The Hall–Kier alpha value is -10.6. The predicted octanol–water partition coefficient (Wildman–Crippen LogP) is 28.6. The lowest BCUT2D eigenvalue weighted by Gasteiger charge is -2.62. The molecule has 0 spiro atoms. The summed E-state index contributed by atoms with van der Waals surface area (Å²) in [6.07, 6.45) is 48.9. The number of carbonyl (C=O) groups is 6. The number of hydrogen-bond acceptors (Lipinski definition) is 6. The van der Waals surface area contributed by atoms with Gasteiger partial charge in [0.15, 0.2) is 0 Å². The first-order valence-electron chi connectivity index (χ1n) is 58.0. The Morgan fingerprint density at radius 3 is 0.925 bits per heavy atom. The number of hydrogen-bond donors (Lipinski definition) is 12. The molecule has 6 amide bonds. The van der Waals surface area contributed by atoms with E-state index in [0.717, 1.165) is 185 Å². The lowest BCUT2D eigenvalue weighted by molar-refractivity contribution is -0.0795. The summed E-state index contributed by atoms with van der Waals surface area (Å²) in [5.41, 5.74) is 26.7. The van der Waals surface area contributed by atoms with E-state index >= 15 is 0 Å². The zero-order valence-corrected chi connectivity index (χ0v) is 90.6. The van der Waals surface area contributed by atoms with Crippen LogP contribution in [-0.2, 0) is 0 Å². The molecule has 21 saturated carbocycles. The molecule has 6 heterocycles. The van der Waals surface area contributed by atoms with Gasteiger partial charge in [0.2, 0.25) is 0 Å². The largest absolute Gasteiger partial charge is 0.351 e. The summed E-state index contributed by atoms with van der Waals surface area (Å²) in [6, 6.07) is 38.9. The third-order valence-corrected chi connectivity index (χ3v) is 40.8. The summed E-state index contributed by atoms with van der Waals surface area (Å²) in [5, 5.41) is 27.2. The maximum atomic E-state index is 13.1. The second-order valence-corrected chi connectivity index (χ2v) is 53.1. The maximum absolute atomic E-state index is 13.1. The molecule has 6 aromatic heterocycles. The van der Waals surface area contributed by atoms with Gasteiger partial charge in [-0.3, -0.25) is 28.8 Å². The molecule has 0 aliphatic heterocycles. The van der Waals surface area contributed by atoms with Crippen LogP contribution in [0.2, 0.25) is 0 Å². The van der Waals surface area contributed by atoms with Crippen molar-refractivity contribution in [2.45, 2.75) is 364 Å². The molecule has 20 bridgehead atoms. The van der Waals surface area contributed by atoms with Crippen LogP contribution in [-0.4, -0.2) is 101 Å². The summed E-state index contributed by atoms with van der Waals surface area (Å²) >= 11 is 0. The van der Waals surface area contributed by atoms with Crippen molar-refractivity contribution in [1.29, 1.82) is 0 Å². The van der Waals surface area contributed by atoms with Crippen LogP contribution < -0.4 is 31.9 Å². The highest BCUT2D eigenvalue weighted by atomic mass is 16.2. The Morgan fingerprint density at radius 1 is 0.293 bits per heavy atom. The van der Waals surface area contributed by atoms with Gasteiger partial charge in [-0.05, 0) is 534 Å². The van der Waals surface area contributed by atoms with Crippen LogP contribution >= 0.6 is 0 Å². The maximum Gasteiger partial charge on any atom is 0.268 e. The monoisotopic (exact) mass is 1980 g/mol. The molecule has 33 rings (SSSR count). The van der Waals surface area contributed by atoms with Crippen molar-refractivity contribution in [2.75, 3.05) is 6.54 Å². The number of benzene rings is 6. The highest BCUT2D eigenvalue weighted by Crippen LogP contribution is 2.65. The van der Waals surface area contributed by atoms with Gasteiger partial charge in [0.1, 0.15) is 34.2 Å². The quantitative estimate of drug-likeness (QED) is 0.0474. The molecule has 0 radical (unpaired) electrons. The van der Waals surface area contributed by atoms with Gasteiger partial charge < -0.3 is 61.8 Å². The standard InChI is InChI=1S/2C23H30N2O.C22H28N2O.2C21H26N2O.C19H26N2O/c1-13-4-14(2)19-9-21(25-20(19)5-13)22(26)24-15(3)23-10-16-6-17(11-23)8-18(7-16)12-23;1-4-22-9-16-7-17(10-22)12-23(11-16,13-22)25-21(26)20-8-18-15(3)5-14(2)6-19(18)24-20;1-13-3-14(2)18-8-20(24-19(18)4-13)21(25)23-12-22-9-15-5-16(10-22)7-17(6-15)11-22;1-12-3-13(2)17-8-19(22-18(17)4-12)20(24)23-21-9-14-5-15(10-21)7-16(6-14)11-21;1-11-3-12(2)17-10-19(22-18(17)4-11)21(24)23-20-15-6-13-5-14(8-15)9-16(20)7-13;1-13-10-14(2)16-12-18(21-17(16)11-13)19(22)20-15-8-6-4-3-5-7-9-15/h4-5,9,15-18,25H,6-8,10-12H2,1-3H3,(H,24,26);5-6,8,16-17,24H,4,7,9-13H2,1-3H3,(H,25,26);3-4,8,15-17,24H,5-7,9-12H2,1-2H3,(H,23,25);3-4,8,14-16,22H,5-7,9-11H2,1-2H3,(H,23,24);3-4,10,13-16,20,22H,5-9H2,1-2H3,(H,23,24);10-12,15,21H,3-9H2,1-2H3,(H,20,22). The second kappa shape index (κ2) is 39.3. The van der Waals surface area contributed by atoms with Gasteiger partial charge >= 0.3 is 0 Å². The van der Waals surface area contributed by atoms with Crippen molar-refractivity contribution in [1.82, 2.24) is 61.8 Å². The number of aromatic amines is 6. The molecule has 21 aliphatic rings. The number of aryl methyl sites for hydroxylation is 12. The van der Waals surface area contributed by atoms with E-state index in [4.69, 9.17) is 0 Å². The Balaban J connectivity index is 0.0000000972. The number of amides is 6. The van der Waals surface area contributed by atoms with Crippen LogP contribution in [0.3, 0.4) is 0 Å². The van der Waals surface area contributed by atoms with Crippen molar-refractivity contribution >= 4 is 101 Å². The molecule has 21 fully saturated rings. The number of fused-ring (bicyclic) bond motifs is 6. The van der Waals surface area contributed by atoms with Crippen LogP contribution in [0.15, 0.2) is 109 Å². The summed E-state index contributed by atoms with van der Waals surface area (Å²) < 4.78 is 0. The molecule has 3 unspecified atom stereocenters. The fourth-order valence-corrected chi connectivity index (χ4v) is 36.5. The van der Waals surface area contributed by atoms with Crippen LogP contribution in [0.1, 0.15) is 381 Å². The smallest absolute Gasteiger partial charge is 0.268 e. The van der Waals surface area contributed by atoms with Crippen LogP contribution in [0.25, 0.3) is 65.4 Å². The first kappa shape index (κ1) is 99.6. The number of H-pyrrole nitrogens is 6. The van der Waals surface area contributed by atoms with Crippen LogP contribution in [0.4, 0.5) is 0 Å². The van der Waals surface area contributed by atoms with E-state index in [9.17, 15) is 28.8 Å². The topological polar surface area (TPSA) is 269 Å². The molecule has 3 atom stereocenters. The molecular formula is C129H166N12O6. The second-order valence-electron chi connectivity index (χ2n) is 53.1. The zero-order valence-electron chi connectivity index (χ0n) is 90.6. The predicted molar refractivity (Wildman–Crippen MR) is 595 cm³/mol. The lowest BCUT2D eigenvalue weighted by Crippen LogP contribution is -2.63. The van der Waals surface area contributed by atoms with Gasteiger partial charge in [-0.2, -0.15) is 0 Å². The fraction of sp³-hybridized carbons (Fsp3) is 0.581. The number of carbonyl (C=O) groups excluding carboxylic acids is 6. The lowest BCUT2D eigenvalue weighted by atomic mass is 9.46. The Bertz CT molecular complexity index is 6930. The molecule has 21 aliphatic carbocycles. The summed E-state index contributed by atoms with van der Waals surface area (Å²) in [4.78, 5) is 97.2. The molecule has 12 aromatic rings. The van der Waals surface area contributed by atoms with Crippen molar-refractivity contribution in [3.63, 3.8) is 0 Å². The SMILES string of the molecule is CCC12CC3CC(C1)CC(NC(=O)c1cc4c(C)cc(C)cc4[nH]1)(C3)C2.Cc1cc(C)c2cc(C(=O)NC(C)C34CC5CC(CC(C5)C3)C4)[nH]c2c1.Cc1cc(C)c2cc(C(=O)NC34CC5CC(CC(C5)C3)C4)[nH]c2c1.Cc1cc(C)c2cc(C(=O)NC3C4CC5CC(C4)CC3C5)[nH]c2c1.Cc1cc(C)c2cc(C(=O)NC3CCCCCCC3)[nH]c2c1.Cc1cc(C)c2cc(C(=O)NCC34CC5CC(CC(C5)C3)C4)[nH]c2c1. The molecule has 18 nitrogen and oxygen atoms in total. The number of nitrogens with one attached hydrogen (secondary N) is 12. The molecule has 0 saturated heterocycles. The average molecular weight is 1980 g/mol. The minimum absolute atomic E-state index is 0.0406. The highest BCUT2D eigenvalue weighted by Gasteiger charge is 2.59. The highest BCUT2D eigenvalue weighted by molar-refractivity contribution is 6.04. The third-order valence-electron chi connectivity index (χ3n) is 40.8. The Kier molecular flexibility index (Phi) is 26.6. The van der Waals surface area contributed by atoms with Crippen molar-refractivity contribution in [3.05, 3.63) is 210 Å². The van der Waals surface area contributed by atoms with Gasteiger partial charge in [0, 0.05) is 101 Å². The first-order valence-corrected chi connectivity index (χ1v) is 58.0. The van der Waals surface area contributed by atoms with Crippen LogP contribution in [0.5, 0.6) is 0 Å². The fourth-order valence-electron chi connectivity index (χ4n) is 36.5. The molecular weight excluding hydrogens is 1810 g/mol. The van der Waals surface area contributed by atoms with E-state index in [0.29, 0.717) is 51.1 Å². The zero-order chi connectivity index (χ0) is 102. The van der Waals surface area contributed by atoms with Gasteiger partial charge in [-0.25, -0.2) is 0 Å². The van der Waals surface area contributed by atoms with E-state index in [1.807, 2.05) is 36.4 Å². The molecule has 147 heavy (non-hydrogen) atoms. The van der Waals surface area contributed by atoms with E-state index in [-0.39, 0.29) is 52.6 Å². The third kappa shape index (κ3) is 20.4. The Morgan fingerprint density at radius 2 is 0.571 bits per heavy atom. The molecule has 18 heteroatoms. The molecule has 6 aromatic carbocycles. The average Bonchev–Trinajstić information content (AvgIpc) is 1.57. The van der Waals surface area contributed by atoms with E-state index in [1.165, 1.54) is 291 Å². The number of aromatic nitrogens is 6. The van der Waals surface area contributed by atoms with Gasteiger partial charge in [-0.1, -0.05) is 81.8 Å². The van der Waals surface area contributed by atoms with Crippen molar-refractivity contribution < 1.29 is 28.8 Å². The van der Waals surface area contributed by atoms with Crippen LogP contribution in [0, 0.1) is 188 Å². The summed E-state index contributed by atoms with van der Waals surface area (Å²) in [6.45, 7) is 30.7. The molecule has 12 N–H and O–H groups in total. The van der Waals surface area contributed by atoms with E-state index < -0.39 is 0 Å². The molecule has 778 valence electrons. The minimum atomic E-state index is 0.0406. The van der Waals surface area contributed by atoms with E-state index in [1.54, 1.807) is 0 Å². The normalized spacial score (nSPS) is 31.5. The van der Waals surface area contributed by atoms with Gasteiger partial charge in [0.05, 0.1) is 0 Å². The van der Waals surface area contributed by atoms with Gasteiger partial charge in [0.25, 0.3) is 35.4 Å². The Labute approximate surface area is 871 Å². The summed E-state index contributed by atoms with van der Waals surface area (Å²) in [7, 11) is 0. The van der Waals surface area contributed by atoms with Gasteiger partial charge in [-0.15, -0.1) is 0 Å². The minimum Gasteiger partial charge on any atom is -0.351 e. The number of rotatable bonds is 15. The first-order chi connectivity index (χ1) is 70.5. The van der Waals surface area contributed by atoms with Crippen molar-refractivity contribution in [3.8, 4) is 0 Å².